The molecule has 0 radical (unpaired) electrons. The number of benzene rings is 1. The first kappa shape index (κ1) is 8.29. The molecule has 0 saturated heterocycles. The van der Waals surface area contributed by atoms with Crippen LogP contribution in [0.2, 0.25) is 0 Å². The van der Waals surface area contributed by atoms with E-state index >= 15 is 0 Å². The summed E-state index contributed by atoms with van der Waals surface area (Å²) in [6, 6.07) is 10.5. The maximum absolute atomic E-state index is 5.62. The van der Waals surface area contributed by atoms with Crippen molar-refractivity contribution in [2.45, 2.75) is 6.92 Å². The van der Waals surface area contributed by atoms with E-state index in [2.05, 4.69) is 4.98 Å². The predicted octanol–water partition coefficient (Wildman–Crippen LogP) is 2.93. The van der Waals surface area contributed by atoms with Crippen molar-refractivity contribution in [2.75, 3.05) is 0 Å². The summed E-state index contributed by atoms with van der Waals surface area (Å²) < 4.78 is 7.48. The van der Waals surface area contributed by atoms with E-state index < -0.39 is 0 Å². The normalized spacial score (nSPS) is 11.0. The molecule has 1 aromatic carbocycles. The molecular weight excluding hydrogens is 188 g/mol. The Morgan fingerprint density at radius 1 is 1.20 bits per heavy atom. The summed E-state index contributed by atoms with van der Waals surface area (Å²) in [7, 11) is 0. The van der Waals surface area contributed by atoms with Crippen molar-refractivity contribution in [3.63, 3.8) is 0 Å². The van der Waals surface area contributed by atoms with Gasteiger partial charge in [-0.05, 0) is 36.8 Å². The van der Waals surface area contributed by atoms with Crippen molar-refractivity contribution in [1.29, 1.82) is 0 Å². The second kappa shape index (κ2) is 2.98. The Labute approximate surface area is 87.0 Å². The molecule has 0 atom stereocenters. The van der Waals surface area contributed by atoms with Gasteiger partial charge in [0, 0.05) is 12.4 Å². The molecule has 2 heterocycles. The van der Waals surface area contributed by atoms with E-state index in [9.17, 15) is 0 Å². The molecule has 15 heavy (non-hydrogen) atoms. The second-order valence-corrected chi connectivity index (χ2v) is 3.56. The minimum Gasteiger partial charge on any atom is -0.423 e. The molecular formula is C12H10N2O. The van der Waals surface area contributed by atoms with Crippen LogP contribution in [0.15, 0.2) is 47.1 Å². The van der Waals surface area contributed by atoms with Gasteiger partial charge in [-0.1, -0.05) is 6.07 Å². The monoisotopic (exact) mass is 198 g/mol. The first-order chi connectivity index (χ1) is 7.33. The van der Waals surface area contributed by atoms with Crippen LogP contribution in [0.3, 0.4) is 0 Å². The van der Waals surface area contributed by atoms with Crippen LogP contribution in [0.4, 0.5) is 0 Å². The molecule has 0 aliphatic carbocycles. The highest BCUT2D eigenvalue weighted by molar-refractivity contribution is 5.74. The fourth-order valence-corrected chi connectivity index (χ4v) is 1.60. The number of aromatic nitrogens is 2. The summed E-state index contributed by atoms with van der Waals surface area (Å²) in [6.45, 7) is 2.05. The molecule has 0 bridgehead atoms. The number of nitrogens with zero attached hydrogens (tertiary/aromatic N) is 2. The first-order valence-corrected chi connectivity index (χ1v) is 4.83. The zero-order valence-electron chi connectivity index (χ0n) is 8.34. The molecule has 3 aromatic rings. The quantitative estimate of drug-likeness (QED) is 0.602. The summed E-state index contributed by atoms with van der Waals surface area (Å²) in [6.07, 6.45) is 3.83. The Balaban J connectivity index is 2.22. The Morgan fingerprint density at radius 3 is 2.80 bits per heavy atom. The van der Waals surface area contributed by atoms with E-state index in [-0.39, 0.29) is 0 Å². The largest absolute Gasteiger partial charge is 0.423 e. The van der Waals surface area contributed by atoms with Crippen LogP contribution in [0, 0.1) is 6.92 Å². The van der Waals surface area contributed by atoms with Gasteiger partial charge in [0.15, 0.2) is 5.58 Å². The highest BCUT2D eigenvalue weighted by Gasteiger charge is 2.05. The number of aryl methyl sites for hydroxylation is 1. The van der Waals surface area contributed by atoms with Crippen molar-refractivity contribution < 1.29 is 4.42 Å². The second-order valence-electron chi connectivity index (χ2n) is 3.56. The lowest BCUT2D eigenvalue weighted by Gasteiger charge is -1.91. The van der Waals surface area contributed by atoms with Gasteiger partial charge < -0.3 is 4.42 Å². The van der Waals surface area contributed by atoms with Crippen LogP contribution < -0.4 is 0 Å². The average molecular weight is 198 g/mol. The maximum atomic E-state index is 5.62. The van der Waals surface area contributed by atoms with Gasteiger partial charge in [0.25, 0.3) is 0 Å². The predicted molar refractivity (Wildman–Crippen MR) is 58.1 cm³/mol. The van der Waals surface area contributed by atoms with Gasteiger partial charge in [-0.2, -0.15) is 4.98 Å². The Hall–Kier alpha value is -2.03. The zero-order valence-corrected chi connectivity index (χ0v) is 8.34. The molecule has 2 aromatic heterocycles. The molecule has 0 aliphatic rings. The van der Waals surface area contributed by atoms with Gasteiger partial charge in [-0.15, -0.1) is 0 Å². The van der Waals surface area contributed by atoms with Gasteiger partial charge >= 0.3 is 6.01 Å². The van der Waals surface area contributed by atoms with Gasteiger partial charge in [0.2, 0.25) is 0 Å². The molecule has 3 nitrogen and oxygen atoms in total. The van der Waals surface area contributed by atoms with E-state index in [0.29, 0.717) is 6.01 Å². The summed E-state index contributed by atoms with van der Waals surface area (Å²) >= 11 is 0. The third kappa shape index (κ3) is 1.32. The number of hydrogen-bond acceptors (Lipinski definition) is 2. The number of rotatable bonds is 1. The van der Waals surface area contributed by atoms with Crippen LogP contribution in [-0.2, 0) is 0 Å². The minimum atomic E-state index is 0.612. The van der Waals surface area contributed by atoms with Gasteiger partial charge in [0.1, 0.15) is 5.52 Å². The average Bonchev–Trinajstić information content (AvgIpc) is 2.84. The lowest BCUT2D eigenvalue weighted by Crippen LogP contribution is -1.87. The highest BCUT2D eigenvalue weighted by atomic mass is 16.4. The molecule has 0 amide bonds. The van der Waals surface area contributed by atoms with Crippen molar-refractivity contribution in [2.24, 2.45) is 0 Å². The number of oxazole rings is 1. The molecule has 0 fully saturated rings. The first-order valence-electron chi connectivity index (χ1n) is 4.83. The van der Waals surface area contributed by atoms with Gasteiger partial charge in [0.05, 0.1) is 0 Å². The molecule has 0 saturated carbocycles. The summed E-state index contributed by atoms with van der Waals surface area (Å²) in [5.74, 6) is 0. The lowest BCUT2D eigenvalue weighted by atomic mass is 10.2. The highest BCUT2D eigenvalue weighted by Crippen LogP contribution is 2.19. The van der Waals surface area contributed by atoms with E-state index in [1.807, 2.05) is 54.2 Å². The van der Waals surface area contributed by atoms with Crippen LogP contribution in [0.5, 0.6) is 0 Å². The molecule has 3 rings (SSSR count). The van der Waals surface area contributed by atoms with Crippen molar-refractivity contribution in [3.05, 3.63) is 48.3 Å². The van der Waals surface area contributed by atoms with E-state index in [0.717, 1.165) is 11.1 Å². The third-order valence-electron chi connectivity index (χ3n) is 2.36. The Kier molecular flexibility index (Phi) is 1.65. The Morgan fingerprint density at radius 2 is 2.00 bits per heavy atom. The summed E-state index contributed by atoms with van der Waals surface area (Å²) in [4.78, 5) is 4.41. The molecule has 0 N–H and O–H groups in total. The van der Waals surface area contributed by atoms with Crippen LogP contribution >= 0.6 is 0 Å². The molecule has 0 aliphatic heterocycles. The van der Waals surface area contributed by atoms with E-state index in [4.69, 9.17) is 4.42 Å². The molecule has 0 spiro atoms. The fraction of sp³-hybridized carbons (Fsp3) is 0.0833. The topological polar surface area (TPSA) is 31.0 Å². The molecule has 3 heteroatoms. The van der Waals surface area contributed by atoms with E-state index in [1.165, 1.54) is 5.56 Å². The summed E-state index contributed by atoms with van der Waals surface area (Å²) in [5.41, 5.74) is 2.91. The summed E-state index contributed by atoms with van der Waals surface area (Å²) in [5, 5.41) is 0. The molecule has 74 valence electrons. The minimum absolute atomic E-state index is 0.612. The SMILES string of the molecule is Cc1ccc2oc(-n3cccc3)nc2c1. The smallest absolute Gasteiger partial charge is 0.306 e. The van der Waals surface area contributed by atoms with Gasteiger partial charge in [-0.25, -0.2) is 0 Å². The van der Waals surface area contributed by atoms with Crippen LogP contribution in [0.25, 0.3) is 17.1 Å². The fourth-order valence-electron chi connectivity index (χ4n) is 1.60. The number of fused-ring (bicyclic) bond motifs is 1. The van der Waals surface area contributed by atoms with Gasteiger partial charge in [-0.3, -0.25) is 4.57 Å². The third-order valence-corrected chi connectivity index (χ3v) is 2.36. The van der Waals surface area contributed by atoms with Crippen molar-refractivity contribution >= 4 is 11.1 Å². The number of hydrogen-bond donors (Lipinski definition) is 0. The van der Waals surface area contributed by atoms with Crippen LogP contribution in [0.1, 0.15) is 5.56 Å². The van der Waals surface area contributed by atoms with Crippen molar-refractivity contribution in [3.8, 4) is 6.01 Å². The lowest BCUT2D eigenvalue weighted by molar-refractivity contribution is 0.565. The van der Waals surface area contributed by atoms with Crippen LogP contribution in [-0.4, -0.2) is 9.55 Å². The zero-order chi connectivity index (χ0) is 10.3. The maximum Gasteiger partial charge on any atom is 0.306 e. The standard InChI is InChI=1S/C12H10N2O/c1-9-4-5-11-10(8-9)13-12(15-11)14-6-2-3-7-14/h2-8H,1H3. The Bertz CT molecular complexity index is 593. The van der Waals surface area contributed by atoms with E-state index in [1.54, 1.807) is 0 Å². The van der Waals surface area contributed by atoms with Crippen molar-refractivity contribution in [1.82, 2.24) is 9.55 Å². The molecule has 0 unspecified atom stereocenters.